The number of nitrogens with two attached hydrogens (primary N) is 1. The van der Waals surface area contributed by atoms with Gasteiger partial charge in [-0.1, -0.05) is 103 Å². The van der Waals surface area contributed by atoms with Crippen LogP contribution in [0.2, 0.25) is 0 Å². The lowest BCUT2D eigenvalue weighted by atomic mass is 10.0. The van der Waals surface area contributed by atoms with Crippen LogP contribution >= 0.6 is 11.8 Å². The number of benzene rings is 1. The lowest BCUT2D eigenvalue weighted by Crippen LogP contribution is -2.41. The number of nitrogens with zero attached hydrogens (tertiary/aromatic N) is 1. The molecule has 3 N–H and O–H groups in total. The van der Waals surface area contributed by atoms with Crippen LogP contribution in [0, 0.1) is 0 Å². The second-order valence-electron chi connectivity index (χ2n) is 9.28. The van der Waals surface area contributed by atoms with Gasteiger partial charge in [0, 0.05) is 23.6 Å². The van der Waals surface area contributed by atoms with E-state index in [1.165, 1.54) is 100 Å². The highest BCUT2D eigenvalue weighted by Crippen LogP contribution is 2.21. The van der Waals surface area contributed by atoms with E-state index in [1.807, 2.05) is 12.1 Å². The van der Waals surface area contributed by atoms with Gasteiger partial charge in [0.15, 0.2) is 0 Å². The van der Waals surface area contributed by atoms with Crippen molar-refractivity contribution in [3.05, 3.63) is 24.3 Å². The normalized spacial score (nSPS) is 11.0. The Hall–Kier alpha value is -1.69. The minimum atomic E-state index is -0.652. The van der Waals surface area contributed by atoms with Crippen LogP contribution in [0.1, 0.15) is 116 Å². The van der Waals surface area contributed by atoms with Crippen molar-refractivity contribution in [1.29, 1.82) is 0 Å². The smallest absolute Gasteiger partial charge is 0.321 e. The molecule has 1 aromatic carbocycles. The summed E-state index contributed by atoms with van der Waals surface area (Å²) in [6.07, 6.45) is 21.0. The number of aromatic hydroxyl groups is 1. The van der Waals surface area contributed by atoms with Crippen molar-refractivity contribution in [3.8, 4) is 5.75 Å². The fourth-order valence-corrected chi connectivity index (χ4v) is 4.95. The first-order valence-corrected chi connectivity index (χ1v) is 14.5. The number of hydrogen-bond acceptors (Lipinski definition) is 4. The van der Waals surface area contributed by atoms with Gasteiger partial charge in [-0.15, -0.1) is 11.8 Å². The van der Waals surface area contributed by atoms with Crippen molar-refractivity contribution in [2.75, 3.05) is 12.3 Å². The molecule has 0 aliphatic heterocycles. The van der Waals surface area contributed by atoms with Gasteiger partial charge < -0.3 is 10.8 Å². The molecular weight excluding hydrogens is 444 g/mol. The Morgan fingerprint density at radius 2 is 1.21 bits per heavy atom. The van der Waals surface area contributed by atoms with Crippen LogP contribution in [0.15, 0.2) is 29.2 Å². The molecule has 0 fully saturated rings. The number of unbranched alkanes of at least 4 members (excludes halogenated alkanes) is 15. The third kappa shape index (κ3) is 16.0. The summed E-state index contributed by atoms with van der Waals surface area (Å²) in [6, 6.07) is 6.22. The van der Waals surface area contributed by atoms with Gasteiger partial charge in [0.1, 0.15) is 5.75 Å². The van der Waals surface area contributed by atoms with E-state index >= 15 is 0 Å². The van der Waals surface area contributed by atoms with Crippen LogP contribution in [-0.2, 0) is 4.79 Å². The fourth-order valence-electron chi connectivity index (χ4n) is 4.11. The van der Waals surface area contributed by atoms with E-state index in [9.17, 15) is 14.7 Å². The maximum atomic E-state index is 12.4. The molecular formula is C28H48N2O3S. The zero-order valence-electron chi connectivity index (χ0n) is 21.4. The van der Waals surface area contributed by atoms with Gasteiger partial charge in [0.25, 0.3) is 0 Å². The summed E-state index contributed by atoms with van der Waals surface area (Å²) in [5, 5.41) is 9.32. The largest absolute Gasteiger partial charge is 0.508 e. The van der Waals surface area contributed by atoms with E-state index in [1.54, 1.807) is 12.1 Å². The molecule has 0 saturated carbocycles. The third-order valence-electron chi connectivity index (χ3n) is 6.22. The molecule has 0 spiro atoms. The van der Waals surface area contributed by atoms with Gasteiger partial charge in [-0.2, -0.15) is 0 Å². The summed E-state index contributed by atoms with van der Waals surface area (Å²) in [6.45, 7) is 2.68. The maximum absolute atomic E-state index is 12.4. The molecule has 1 aromatic rings. The SMILES string of the molecule is CCCCCCCCCCCCCCCCCCN(C(N)=O)C(=O)CCSc1ccc(O)cc1. The van der Waals surface area contributed by atoms with E-state index in [-0.39, 0.29) is 18.1 Å². The van der Waals surface area contributed by atoms with E-state index in [2.05, 4.69) is 6.92 Å². The van der Waals surface area contributed by atoms with Gasteiger partial charge in [0.2, 0.25) is 5.91 Å². The predicted molar refractivity (Wildman–Crippen MR) is 144 cm³/mol. The first kappa shape index (κ1) is 30.3. The molecule has 34 heavy (non-hydrogen) atoms. The molecule has 194 valence electrons. The molecule has 0 aromatic heterocycles. The predicted octanol–water partition coefficient (Wildman–Crippen LogP) is 8.04. The van der Waals surface area contributed by atoms with Gasteiger partial charge in [-0.3, -0.25) is 9.69 Å². The quantitative estimate of drug-likeness (QED) is 0.134. The summed E-state index contributed by atoms with van der Waals surface area (Å²) in [4.78, 5) is 26.3. The van der Waals surface area contributed by atoms with Gasteiger partial charge in [-0.25, -0.2) is 4.79 Å². The Balaban J connectivity index is 1.98. The molecule has 1 rings (SSSR count). The van der Waals surface area contributed by atoms with E-state index in [4.69, 9.17) is 5.73 Å². The minimum Gasteiger partial charge on any atom is -0.508 e. The Kier molecular flexibility index (Phi) is 18.4. The number of phenols is 1. The Morgan fingerprint density at radius 1 is 0.765 bits per heavy atom. The number of thioether (sulfide) groups is 1. The second-order valence-corrected chi connectivity index (χ2v) is 10.4. The third-order valence-corrected chi connectivity index (χ3v) is 7.24. The molecule has 0 atom stereocenters. The van der Waals surface area contributed by atoms with Crippen LogP contribution in [0.5, 0.6) is 5.75 Å². The Bertz CT molecular complexity index is 652. The molecule has 6 heteroatoms. The Labute approximate surface area is 212 Å². The number of hydrogen-bond donors (Lipinski definition) is 2. The summed E-state index contributed by atoms with van der Waals surface area (Å²) < 4.78 is 0. The van der Waals surface area contributed by atoms with Crippen LogP contribution in [0.25, 0.3) is 0 Å². The van der Waals surface area contributed by atoms with E-state index in [0.717, 1.165) is 24.2 Å². The van der Waals surface area contributed by atoms with Crippen LogP contribution < -0.4 is 5.73 Å². The van der Waals surface area contributed by atoms with Crippen LogP contribution in [0.4, 0.5) is 4.79 Å². The van der Waals surface area contributed by atoms with Crippen molar-refractivity contribution >= 4 is 23.7 Å². The van der Waals surface area contributed by atoms with Gasteiger partial charge in [-0.05, 0) is 30.7 Å². The number of rotatable bonds is 21. The van der Waals surface area contributed by atoms with E-state index in [0.29, 0.717) is 12.3 Å². The van der Waals surface area contributed by atoms with E-state index < -0.39 is 6.03 Å². The highest BCUT2D eigenvalue weighted by atomic mass is 32.2. The number of urea groups is 1. The van der Waals surface area contributed by atoms with Gasteiger partial charge >= 0.3 is 6.03 Å². The van der Waals surface area contributed by atoms with Crippen molar-refractivity contribution in [3.63, 3.8) is 0 Å². The lowest BCUT2D eigenvalue weighted by molar-refractivity contribution is -0.127. The first-order chi connectivity index (χ1) is 16.5. The number of imide groups is 1. The van der Waals surface area contributed by atoms with Crippen LogP contribution in [0.3, 0.4) is 0 Å². The molecule has 3 amide bonds. The summed E-state index contributed by atoms with van der Waals surface area (Å²) >= 11 is 1.53. The molecule has 0 radical (unpaired) electrons. The average Bonchev–Trinajstić information content (AvgIpc) is 2.82. The molecule has 5 nitrogen and oxygen atoms in total. The Morgan fingerprint density at radius 3 is 1.65 bits per heavy atom. The zero-order valence-corrected chi connectivity index (χ0v) is 22.3. The molecule has 0 aliphatic carbocycles. The fraction of sp³-hybridized carbons (Fsp3) is 0.714. The number of carbonyl (C=O) groups is 2. The number of primary amides is 1. The highest BCUT2D eigenvalue weighted by molar-refractivity contribution is 7.99. The monoisotopic (exact) mass is 492 g/mol. The van der Waals surface area contributed by atoms with Crippen molar-refractivity contribution in [2.45, 2.75) is 121 Å². The maximum Gasteiger partial charge on any atom is 0.321 e. The summed E-state index contributed by atoms with van der Waals surface area (Å²) in [5.41, 5.74) is 5.44. The molecule has 0 bridgehead atoms. The molecule has 0 unspecified atom stereocenters. The molecule has 0 heterocycles. The lowest BCUT2D eigenvalue weighted by Gasteiger charge is -2.18. The minimum absolute atomic E-state index is 0.209. The van der Waals surface area contributed by atoms with Crippen LogP contribution in [-0.4, -0.2) is 34.2 Å². The van der Waals surface area contributed by atoms with Crippen molar-refractivity contribution in [1.82, 2.24) is 4.90 Å². The number of carbonyl (C=O) groups excluding carboxylic acids is 2. The van der Waals surface area contributed by atoms with Gasteiger partial charge in [0.05, 0.1) is 0 Å². The standard InChI is InChI=1S/C28H48N2O3S/c1-2-3-4-5-6-7-8-9-10-11-12-13-14-15-16-17-23-30(28(29)33)27(32)22-24-34-26-20-18-25(31)19-21-26/h18-21,31H,2-17,22-24H2,1H3,(H2,29,33). The number of phenolic OH excluding ortho intramolecular Hbond substituents is 1. The van der Waals surface area contributed by atoms with Crippen molar-refractivity contribution in [2.24, 2.45) is 5.73 Å². The summed E-state index contributed by atoms with van der Waals surface area (Å²) in [5.74, 6) is 0.589. The average molecular weight is 493 g/mol. The van der Waals surface area contributed by atoms with Crippen molar-refractivity contribution < 1.29 is 14.7 Å². The zero-order chi connectivity index (χ0) is 24.9. The number of amides is 3. The second kappa shape index (κ2) is 20.7. The molecule has 0 saturated heterocycles. The highest BCUT2D eigenvalue weighted by Gasteiger charge is 2.17. The topological polar surface area (TPSA) is 83.6 Å². The summed E-state index contributed by atoms with van der Waals surface area (Å²) in [7, 11) is 0. The molecule has 0 aliphatic rings. The first-order valence-electron chi connectivity index (χ1n) is 13.6.